The minimum atomic E-state index is 0.596. The SMILES string of the molecule is Cc1cc2c(OCc3ccccc3)cccc2[nH]1.c1ccc(COc2cccc3cc[nH]c23)cc1. The Balaban J connectivity index is 0.000000145. The van der Waals surface area contributed by atoms with Crippen molar-refractivity contribution in [3.05, 3.63) is 132 Å². The summed E-state index contributed by atoms with van der Waals surface area (Å²) < 4.78 is 11.7. The van der Waals surface area contributed by atoms with Crippen LogP contribution in [0.2, 0.25) is 0 Å². The van der Waals surface area contributed by atoms with Gasteiger partial charge in [0.15, 0.2) is 0 Å². The monoisotopic (exact) mass is 460 g/mol. The lowest BCUT2D eigenvalue weighted by molar-refractivity contribution is 0.309. The molecule has 0 fully saturated rings. The van der Waals surface area contributed by atoms with Crippen LogP contribution in [0.15, 0.2) is 115 Å². The molecular weight excluding hydrogens is 432 g/mol. The molecule has 0 saturated carbocycles. The molecule has 0 radical (unpaired) electrons. The largest absolute Gasteiger partial charge is 0.488 e. The van der Waals surface area contributed by atoms with E-state index < -0.39 is 0 Å². The van der Waals surface area contributed by atoms with Crippen LogP contribution in [0.4, 0.5) is 0 Å². The summed E-state index contributed by atoms with van der Waals surface area (Å²) in [6.45, 7) is 3.25. The fourth-order valence-corrected chi connectivity index (χ4v) is 4.04. The van der Waals surface area contributed by atoms with Crippen molar-refractivity contribution in [3.63, 3.8) is 0 Å². The highest BCUT2D eigenvalue weighted by atomic mass is 16.5. The van der Waals surface area contributed by atoms with E-state index in [4.69, 9.17) is 9.47 Å². The van der Waals surface area contributed by atoms with E-state index in [2.05, 4.69) is 59.4 Å². The van der Waals surface area contributed by atoms with Gasteiger partial charge in [-0.15, -0.1) is 0 Å². The fraction of sp³-hybridized carbons (Fsp3) is 0.0968. The molecule has 0 aliphatic rings. The molecule has 2 aromatic heterocycles. The average molecular weight is 461 g/mol. The number of benzene rings is 4. The number of aromatic nitrogens is 2. The third kappa shape index (κ3) is 5.56. The molecule has 6 rings (SSSR count). The van der Waals surface area contributed by atoms with Crippen LogP contribution in [0.3, 0.4) is 0 Å². The number of para-hydroxylation sites is 1. The Morgan fingerprint density at radius 3 is 1.97 bits per heavy atom. The van der Waals surface area contributed by atoms with Gasteiger partial charge in [0.1, 0.15) is 24.7 Å². The van der Waals surface area contributed by atoms with Gasteiger partial charge in [-0.25, -0.2) is 0 Å². The summed E-state index contributed by atoms with van der Waals surface area (Å²) in [5.41, 5.74) is 5.69. The van der Waals surface area contributed by atoms with Gasteiger partial charge >= 0.3 is 0 Å². The zero-order chi connectivity index (χ0) is 23.9. The number of H-pyrrole nitrogens is 2. The second kappa shape index (κ2) is 10.7. The molecule has 35 heavy (non-hydrogen) atoms. The lowest BCUT2D eigenvalue weighted by Gasteiger charge is -2.07. The van der Waals surface area contributed by atoms with Gasteiger partial charge in [-0.05, 0) is 48.4 Å². The second-order valence-corrected chi connectivity index (χ2v) is 8.42. The molecule has 4 nitrogen and oxygen atoms in total. The molecule has 6 aromatic rings. The van der Waals surface area contributed by atoms with Crippen LogP contribution in [0, 0.1) is 6.92 Å². The van der Waals surface area contributed by atoms with Crippen molar-refractivity contribution < 1.29 is 9.47 Å². The Labute approximate surface area is 205 Å². The number of ether oxygens (including phenoxy) is 2. The molecule has 0 aliphatic carbocycles. The van der Waals surface area contributed by atoms with Crippen molar-refractivity contribution in [1.29, 1.82) is 0 Å². The maximum atomic E-state index is 5.90. The lowest BCUT2D eigenvalue weighted by Crippen LogP contribution is -1.95. The first-order chi connectivity index (χ1) is 17.3. The molecule has 2 heterocycles. The first-order valence-electron chi connectivity index (χ1n) is 11.7. The molecule has 0 bridgehead atoms. The van der Waals surface area contributed by atoms with E-state index in [1.54, 1.807) is 0 Å². The number of aromatic amines is 2. The summed E-state index contributed by atoms with van der Waals surface area (Å²) in [6, 6.07) is 36.7. The zero-order valence-corrected chi connectivity index (χ0v) is 19.7. The van der Waals surface area contributed by atoms with Crippen LogP contribution in [-0.2, 0) is 13.2 Å². The first-order valence-corrected chi connectivity index (χ1v) is 11.7. The summed E-state index contributed by atoms with van der Waals surface area (Å²) >= 11 is 0. The van der Waals surface area contributed by atoms with E-state index in [-0.39, 0.29) is 0 Å². The standard InChI is InChI=1S/C16H15NO.C15H13NO/c1-12-10-14-15(17-12)8-5-9-16(14)18-11-13-6-3-2-4-7-13;1-2-5-12(6-3-1)11-17-14-8-4-7-13-9-10-16-15(13)14/h2-10,17H,11H2,1H3;1-10,16H,11H2. The number of hydrogen-bond acceptors (Lipinski definition) is 2. The molecule has 0 atom stereocenters. The number of aryl methyl sites for hydroxylation is 1. The van der Waals surface area contributed by atoms with Crippen molar-refractivity contribution in [2.75, 3.05) is 0 Å². The number of nitrogens with one attached hydrogen (secondary N) is 2. The summed E-state index contributed by atoms with van der Waals surface area (Å²) in [5.74, 6) is 1.83. The maximum Gasteiger partial charge on any atom is 0.143 e. The highest BCUT2D eigenvalue weighted by molar-refractivity contribution is 5.86. The van der Waals surface area contributed by atoms with Crippen molar-refractivity contribution in [3.8, 4) is 11.5 Å². The van der Waals surface area contributed by atoms with Gasteiger partial charge in [-0.1, -0.05) is 78.9 Å². The smallest absolute Gasteiger partial charge is 0.143 e. The summed E-state index contributed by atoms with van der Waals surface area (Å²) in [7, 11) is 0. The molecular formula is C31H28N2O2. The maximum absolute atomic E-state index is 5.90. The Morgan fingerprint density at radius 2 is 1.26 bits per heavy atom. The molecule has 0 aliphatic heterocycles. The topological polar surface area (TPSA) is 50.0 Å². The number of hydrogen-bond donors (Lipinski definition) is 2. The summed E-state index contributed by atoms with van der Waals surface area (Å²) in [5, 5.41) is 2.32. The normalized spacial score (nSPS) is 10.7. The fourth-order valence-electron chi connectivity index (χ4n) is 4.04. The Hall–Kier alpha value is -4.44. The summed E-state index contributed by atoms with van der Waals surface area (Å²) in [4.78, 5) is 6.52. The van der Waals surface area contributed by atoms with Gasteiger partial charge in [0.05, 0.1) is 5.52 Å². The quantitative estimate of drug-likeness (QED) is 0.266. The van der Waals surface area contributed by atoms with Gasteiger partial charge < -0.3 is 19.4 Å². The minimum Gasteiger partial charge on any atom is -0.488 e. The van der Waals surface area contributed by atoms with E-state index in [9.17, 15) is 0 Å². The van der Waals surface area contributed by atoms with Crippen molar-refractivity contribution in [1.82, 2.24) is 9.97 Å². The zero-order valence-electron chi connectivity index (χ0n) is 19.7. The van der Waals surface area contributed by atoms with E-state index >= 15 is 0 Å². The molecule has 4 aromatic carbocycles. The van der Waals surface area contributed by atoms with Crippen LogP contribution in [-0.4, -0.2) is 9.97 Å². The predicted octanol–water partition coefficient (Wildman–Crippen LogP) is 7.80. The van der Waals surface area contributed by atoms with Gasteiger partial charge in [-0.3, -0.25) is 0 Å². The third-order valence-corrected chi connectivity index (χ3v) is 5.78. The van der Waals surface area contributed by atoms with Crippen molar-refractivity contribution in [2.45, 2.75) is 20.1 Å². The molecule has 0 unspecified atom stereocenters. The minimum absolute atomic E-state index is 0.596. The number of fused-ring (bicyclic) bond motifs is 2. The predicted molar refractivity (Wildman–Crippen MR) is 143 cm³/mol. The van der Waals surface area contributed by atoms with Crippen LogP contribution >= 0.6 is 0 Å². The van der Waals surface area contributed by atoms with Gasteiger partial charge in [0.2, 0.25) is 0 Å². The van der Waals surface area contributed by atoms with E-state index in [1.807, 2.05) is 72.9 Å². The van der Waals surface area contributed by atoms with Gasteiger partial charge in [0, 0.05) is 28.2 Å². The van der Waals surface area contributed by atoms with Crippen molar-refractivity contribution >= 4 is 21.8 Å². The van der Waals surface area contributed by atoms with Crippen molar-refractivity contribution in [2.24, 2.45) is 0 Å². The third-order valence-electron chi connectivity index (χ3n) is 5.78. The number of rotatable bonds is 6. The van der Waals surface area contributed by atoms with E-state index in [1.165, 1.54) is 16.5 Å². The van der Waals surface area contributed by atoms with Crippen LogP contribution < -0.4 is 9.47 Å². The molecule has 4 heteroatoms. The second-order valence-electron chi connectivity index (χ2n) is 8.42. The molecule has 0 spiro atoms. The molecule has 174 valence electrons. The van der Waals surface area contributed by atoms with Gasteiger partial charge in [0.25, 0.3) is 0 Å². The van der Waals surface area contributed by atoms with E-state index in [0.29, 0.717) is 13.2 Å². The molecule has 0 saturated heterocycles. The van der Waals surface area contributed by atoms with Crippen LogP contribution in [0.1, 0.15) is 16.8 Å². The average Bonchev–Trinajstić information content (AvgIpc) is 3.54. The molecule has 2 N–H and O–H groups in total. The lowest BCUT2D eigenvalue weighted by atomic mass is 10.2. The van der Waals surface area contributed by atoms with Crippen LogP contribution in [0.5, 0.6) is 11.5 Å². The summed E-state index contributed by atoms with van der Waals surface area (Å²) in [6.07, 6.45) is 1.93. The van der Waals surface area contributed by atoms with E-state index in [0.717, 1.165) is 33.6 Å². The Morgan fingerprint density at radius 1 is 0.629 bits per heavy atom. The first kappa shape index (κ1) is 22.4. The van der Waals surface area contributed by atoms with Gasteiger partial charge in [-0.2, -0.15) is 0 Å². The van der Waals surface area contributed by atoms with Crippen LogP contribution in [0.25, 0.3) is 21.8 Å². The Bertz CT molecular complexity index is 1500. The highest BCUT2D eigenvalue weighted by Crippen LogP contribution is 2.27. The Kier molecular flexibility index (Phi) is 6.81. The molecule has 0 amide bonds. The highest BCUT2D eigenvalue weighted by Gasteiger charge is 2.05.